The Morgan fingerprint density at radius 3 is 2.52 bits per heavy atom. The van der Waals surface area contributed by atoms with Gasteiger partial charge in [0, 0.05) is 24.3 Å². The van der Waals surface area contributed by atoms with Gasteiger partial charge in [0.25, 0.3) is 0 Å². The summed E-state index contributed by atoms with van der Waals surface area (Å²) in [6, 6.07) is 0. The largest absolute Gasteiger partial charge is 0.330 e. The minimum absolute atomic E-state index is 0. The van der Waals surface area contributed by atoms with Crippen LogP contribution in [0, 0.1) is 13.8 Å². The maximum atomic E-state index is 4.72. The maximum Gasteiger partial charge on any atom is 0.0950 e. The zero-order valence-corrected chi connectivity index (χ0v) is 16.7. The van der Waals surface area contributed by atoms with Gasteiger partial charge in [-0.25, -0.2) is 4.98 Å². The van der Waals surface area contributed by atoms with E-state index in [1.54, 1.807) is 0 Å². The molecule has 0 aliphatic carbocycles. The van der Waals surface area contributed by atoms with Crippen molar-refractivity contribution >= 4 is 12.4 Å². The van der Waals surface area contributed by atoms with Gasteiger partial charge in [0.05, 0.1) is 23.9 Å². The van der Waals surface area contributed by atoms with Crippen LogP contribution in [-0.4, -0.2) is 43.9 Å². The van der Waals surface area contributed by atoms with Crippen LogP contribution in [0.2, 0.25) is 0 Å². The summed E-state index contributed by atoms with van der Waals surface area (Å²) in [7, 11) is 0. The Morgan fingerprint density at radius 1 is 1.04 bits per heavy atom. The molecule has 1 saturated heterocycles. The van der Waals surface area contributed by atoms with E-state index in [-0.39, 0.29) is 12.4 Å². The highest BCUT2D eigenvalue weighted by Gasteiger charge is 2.17. The molecule has 0 atom stereocenters. The molecule has 3 heterocycles. The van der Waals surface area contributed by atoms with Gasteiger partial charge in [0.1, 0.15) is 0 Å². The number of likely N-dealkylation sites (tertiary alicyclic amines) is 1. The summed E-state index contributed by atoms with van der Waals surface area (Å²) in [5, 5.41) is 4.72. The first kappa shape index (κ1) is 20.0. The highest BCUT2D eigenvalue weighted by Crippen LogP contribution is 2.27. The lowest BCUT2D eigenvalue weighted by molar-refractivity contribution is 0.223. The lowest BCUT2D eigenvalue weighted by Gasteiger charge is -2.26. The van der Waals surface area contributed by atoms with Crippen LogP contribution < -0.4 is 0 Å². The molecule has 2 aromatic heterocycles. The molecule has 0 saturated carbocycles. The van der Waals surface area contributed by atoms with Crippen LogP contribution in [-0.2, 0) is 13.1 Å². The molecule has 5 nitrogen and oxygen atoms in total. The number of nitrogens with zero attached hydrogens (tertiary/aromatic N) is 5. The number of halogens is 1. The zero-order chi connectivity index (χ0) is 16.9. The zero-order valence-electron chi connectivity index (χ0n) is 15.9. The molecule has 0 N–H and O–H groups in total. The number of aromatic nitrogens is 4. The summed E-state index contributed by atoms with van der Waals surface area (Å²) >= 11 is 0. The van der Waals surface area contributed by atoms with Gasteiger partial charge in [-0.15, -0.1) is 12.4 Å². The minimum atomic E-state index is 0. The first-order valence-electron chi connectivity index (χ1n) is 9.47. The molecule has 25 heavy (non-hydrogen) atoms. The van der Waals surface area contributed by atoms with Crippen molar-refractivity contribution in [2.45, 2.75) is 66.0 Å². The standard InChI is InChI=1S/C19H31N5.ClH/c1-4-9-24-17(3)19(16(2)21-24)18-14-20-15-23(18)13-8-12-22-10-6-5-7-11-22;/h14-15H,4-13H2,1-3H3;1H. The van der Waals surface area contributed by atoms with Crippen molar-refractivity contribution in [3.8, 4) is 11.3 Å². The first-order valence-corrected chi connectivity index (χ1v) is 9.47. The van der Waals surface area contributed by atoms with Crippen LogP contribution >= 0.6 is 12.4 Å². The molecule has 0 bridgehead atoms. The molecular weight excluding hydrogens is 334 g/mol. The van der Waals surface area contributed by atoms with Gasteiger partial charge in [-0.2, -0.15) is 5.10 Å². The molecule has 0 aromatic carbocycles. The van der Waals surface area contributed by atoms with Gasteiger partial charge >= 0.3 is 0 Å². The van der Waals surface area contributed by atoms with E-state index in [0.29, 0.717) is 0 Å². The molecule has 1 aliphatic rings. The number of imidazole rings is 1. The molecular formula is C19H32ClN5. The van der Waals surface area contributed by atoms with Crippen LogP contribution in [0.4, 0.5) is 0 Å². The molecule has 6 heteroatoms. The third-order valence-electron chi connectivity index (χ3n) is 5.11. The van der Waals surface area contributed by atoms with Crippen LogP contribution in [0.25, 0.3) is 11.3 Å². The molecule has 1 fully saturated rings. The molecule has 0 spiro atoms. The number of hydrogen-bond donors (Lipinski definition) is 0. The fourth-order valence-electron chi connectivity index (χ4n) is 3.85. The Morgan fingerprint density at radius 2 is 1.80 bits per heavy atom. The van der Waals surface area contributed by atoms with Crippen molar-refractivity contribution < 1.29 is 0 Å². The molecule has 0 radical (unpaired) electrons. The van der Waals surface area contributed by atoms with E-state index >= 15 is 0 Å². The third kappa shape index (κ3) is 4.64. The van der Waals surface area contributed by atoms with Gasteiger partial charge in [0.15, 0.2) is 0 Å². The van der Waals surface area contributed by atoms with Crippen molar-refractivity contribution in [3.63, 3.8) is 0 Å². The normalized spacial score (nSPS) is 15.3. The molecule has 2 aromatic rings. The Bertz CT molecular complexity index is 655. The van der Waals surface area contributed by atoms with E-state index in [9.17, 15) is 0 Å². The number of hydrogen-bond acceptors (Lipinski definition) is 3. The Balaban J connectivity index is 0.00000225. The van der Waals surface area contributed by atoms with E-state index in [1.165, 1.54) is 62.3 Å². The highest BCUT2D eigenvalue weighted by molar-refractivity contribution is 5.85. The van der Waals surface area contributed by atoms with Gasteiger partial charge in [-0.05, 0) is 59.2 Å². The predicted molar refractivity (Wildman–Crippen MR) is 105 cm³/mol. The minimum Gasteiger partial charge on any atom is -0.330 e. The van der Waals surface area contributed by atoms with Gasteiger partial charge in [-0.3, -0.25) is 4.68 Å². The van der Waals surface area contributed by atoms with Crippen molar-refractivity contribution in [1.82, 2.24) is 24.2 Å². The summed E-state index contributed by atoms with van der Waals surface area (Å²) in [6.45, 7) is 12.2. The van der Waals surface area contributed by atoms with Crippen molar-refractivity contribution in [2.24, 2.45) is 0 Å². The van der Waals surface area contributed by atoms with Crippen LogP contribution in [0.1, 0.15) is 50.4 Å². The summed E-state index contributed by atoms with van der Waals surface area (Å²) in [5.74, 6) is 0. The summed E-state index contributed by atoms with van der Waals surface area (Å²) in [5.41, 5.74) is 4.84. The smallest absolute Gasteiger partial charge is 0.0950 e. The second-order valence-electron chi connectivity index (χ2n) is 7.00. The second kappa shape index (κ2) is 9.39. The van der Waals surface area contributed by atoms with Gasteiger partial charge < -0.3 is 9.47 Å². The van der Waals surface area contributed by atoms with Crippen LogP contribution in [0.5, 0.6) is 0 Å². The fourth-order valence-corrected chi connectivity index (χ4v) is 3.85. The second-order valence-corrected chi connectivity index (χ2v) is 7.00. The summed E-state index contributed by atoms with van der Waals surface area (Å²) < 4.78 is 4.44. The van der Waals surface area contributed by atoms with Crippen molar-refractivity contribution in [1.29, 1.82) is 0 Å². The van der Waals surface area contributed by atoms with E-state index < -0.39 is 0 Å². The first-order chi connectivity index (χ1) is 11.7. The average Bonchev–Trinajstić information content (AvgIpc) is 3.13. The van der Waals surface area contributed by atoms with E-state index in [1.807, 2.05) is 12.5 Å². The Labute approximate surface area is 157 Å². The van der Waals surface area contributed by atoms with E-state index in [2.05, 4.69) is 39.9 Å². The summed E-state index contributed by atoms with van der Waals surface area (Å²) in [4.78, 5) is 7.02. The van der Waals surface area contributed by atoms with Crippen molar-refractivity contribution in [2.75, 3.05) is 19.6 Å². The van der Waals surface area contributed by atoms with Crippen LogP contribution in [0.15, 0.2) is 12.5 Å². The maximum absolute atomic E-state index is 4.72. The lowest BCUT2D eigenvalue weighted by atomic mass is 10.1. The fraction of sp³-hybridized carbons (Fsp3) is 0.684. The van der Waals surface area contributed by atoms with Crippen molar-refractivity contribution in [3.05, 3.63) is 23.9 Å². The molecule has 0 amide bonds. The number of rotatable bonds is 7. The number of aryl methyl sites for hydroxylation is 3. The monoisotopic (exact) mass is 365 g/mol. The number of piperidine rings is 1. The Kier molecular flexibility index (Phi) is 7.51. The van der Waals surface area contributed by atoms with Gasteiger partial charge in [-0.1, -0.05) is 13.3 Å². The molecule has 0 unspecified atom stereocenters. The lowest BCUT2D eigenvalue weighted by Crippen LogP contribution is -2.31. The third-order valence-corrected chi connectivity index (χ3v) is 5.11. The molecule has 1 aliphatic heterocycles. The highest BCUT2D eigenvalue weighted by atomic mass is 35.5. The van der Waals surface area contributed by atoms with Crippen LogP contribution in [0.3, 0.4) is 0 Å². The molecule has 140 valence electrons. The quantitative estimate of drug-likeness (QED) is 0.742. The predicted octanol–water partition coefficient (Wildman–Crippen LogP) is 4.07. The Hall–Kier alpha value is -1.33. The topological polar surface area (TPSA) is 38.9 Å². The summed E-state index contributed by atoms with van der Waals surface area (Å²) in [6.07, 6.45) is 10.4. The van der Waals surface area contributed by atoms with Gasteiger partial charge in [0.2, 0.25) is 0 Å². The van der Waals surface area contributed by atoms with E-state index in [0.717, 1.165) is 25.2 Å². The average molecular weight is 366 g/mol. The van der Waals surface area contributed by atoms with E-state index in [4.69, 9.17) is 5.10 Å². The molecule has 3 rings (SSSR count). The SMILES string of the molecule is CCCn1nc(C)c(-c2cncn2CCCN2CCCCC2)c1C.Cl.